The maximum absolute atomic E-state index is 14.4. The van der Waals surface area contributed by atoms with E-state index in [0.29, 0.717) is 12.6 Å². The van der Waals surface area contributed by atoms with E-state index in [2.05, 4.69) is 5.32 Å². The average Bonchev–Trinajstić information content (AvgIpc) is 3.29. The van der Waals surface area contributed by atoms with Gasteiger partial charge in [0, 0.05) is 24.6 Å². The van der Waals surface area contributed by atoms with Crippen molar-refractivity contribution < 1.29 is 18.4 Å². The zero-order valence-corrected chi connectivity index (χ0v) is 15.5. The molecule has 2 saturated carbocycles. The van der Waals surface area contributed by atoms with Crippen molar-refractivity contribution in [2.24, 2.45) is 5.92 Å². The molecule has 0 atom stereocenters. The molecular formula is C20H20F2N2O2S. The Morgan fingerprint density at radius 1 is 1.15 bits per heavy atom. The Hall–Kier alpha value is -2.28. The maximum Gasteiger partial charge on any atom is 0.257 e. The number of nitrogens with zero attached hydrogens (tertiary/aromatic N) is 1. The molecule has 142 valence electrons. The van der Waals surface area contributed by atoms with Gasteiger partial charge in [-0.1, -0.05) is 6.42 Å². The molecule has 0 aliphatic heterocycles. The molecule has 2 aliphatic rings. The summed E-state index contributed by atoms with van der Waals surface area (Å²) in [5.74, 6) is -2.65. The van der Waals surface area contributed by atoms with Crippen LogP contribution >= 0.6 is 11.3 Å². The summed E-state index contributed by atoms with van der Waals surface area (Å²) in [5, 5.41) is 6.39. The number of benzene rings is 1. The van der Waals surface area contributed by atoms with Crippen LogP contribution in [0.4, 0.5) is 14.5 Å². The normalized spacial score (nSPS) is 16.7. The maximum atomic E-state index is 14.4. The van der Waals surface area contributed by atoms with Gasteiger partial charge in [-0.3, -0.25) is 9.59 Å². The summed E-state index contributed by atoms with van der Waals surface area (Å²) in [4.78, 5) is 26.7. The van der Waals surface area contributed by atoms with Gasteiger partial charge in [0.05, 0.1) is 11.3 Å². The standard InChI is InChI=1S/C20H20F2N2O2S/c21-16-9-17(22)18(23-19(25)13-2-1-3-13)8-15(16)20(26)24(14-4-5-14)10-12-6-7-27-11-12/h6-9,11,13-14H,1-5,10H2,(H,23,25). The van der Waals surface area contributed by atoms with Gasteiger partial charge in [0.15, 0.2) is 0 Å². The van der Waals surface area contributed by atoms with Crippen molar-refractivity contribution in [1.82, 2.24) is 4.90 Å². The van der Waals surface area contributed by atoms with E-state index >= 15 is 0 Å². The molecule has 0 unspecified atom stereocenters. The minimum absolute atomic E-state index is 0.0786. The van der Waals surface area contributed by atoms with Crippen molar-refractivity contribution in [3.63, 3.8) is 0 Å². The number of halogens is 2. The first kappa shape index (κ1) is 18.1. The highest BCUT2D eigenvalue weighted by Gasteiger charge is 2.35. The zero-order valence-electron chi connectivity index (χ0n) is 14.7. The fourth-order valence-corrected chi connectivity index (χ4v) is 3.86. The van der Waals surface area contributed by atoms with Gasteiger partial charge in [-0.05, 0) is 54.1 Å². The first-order chi connectivity index (χ1) is 13.0. The molecular weight excluding hydrogens is 370 g/mol. The molecule has 4 rings (SSSR count). The minimum Gasteiger partial charge on any atom is -0.331 e. The minimum atomic E-state index is -0.907. The van der Waals surface area contributed by atoms with E-state index in [-0.39, 0.29) is 29.1 Å². The average molecular weight is 390 g/mol. The lowest BCUT2D eigenvalue weighted by molar-refractivity contribution is -0.122. The van der Waals surface area contributed by atoms with Gasteiger partial charge in [-0.25, -0.2) is 8.78 Å². The van der Waals surface area contributed by atoms with Gasteiger partial charge in [0.25, 0.3) is 5.91 Å². The van der Waals surface area contributed by atoms with Crippen LogP contribution in [0, 0.1) is 17.6 Å². The van der Waals surface area contributed by atoms with Crippen molar-refractivity contribution in [2.45, 2.75) is 44.7 Å². The lowest BCUT2D eigenvalue weighted by Gasteiger charge is -2.25. The molecule has 2 aliphatic carbocycles. The summed E-state index contributed by atoms with van der Waals surface area (Å²) >= 11 is 1.54. The Bertz CT molecular complexity index is 861. The Balaban J connectivity index is 1.58. The molecule has 1 N–H and O–H groups in total. The van der Waals surface area contributed by atoms with Crippen LogP contribution in [0.5, 0.6) is 0 Å². The highest BCUT2D eigenvalue weighted by atomic mass is 32.1. The third-order valence-electron chi connectivity index (χ3n) is 5.20. The topological polar surface area (TPSA) is 49.4 Å². The summed E-state index contributed by atoms with van der Waals surface area (Å²) in [6, 6.07) is 3.82. The van der Waals surface area contributed by atoms with E-state index in [4.69, 9.17) is 0 Å². The van der Waals surface area contributed by atoms with Crippen molar-refractivity contribution in [2.75, 3.05) is 5.32 Å². The third-order valence-corrected chi connectivity index (χ3v) is 5.93. The molecule has 2 fully saturated rings. The Morgan fingerprint density at radius 2 is 1.93 bits per heavy atom. The molecule has 4 nitrogen and oxygen atoms in total. The predicted octanol–water partition coefficient (Wildman–Crippen LogP) is 4.57. The van der Waals surface area contributed by atoms with Gasteiger partial charge < -0.3 is 10.2 Å². The molecule has 0 spiro atoms. The number of hydrogen-bond donors (Lipinski definition) is 1. The molecule has 0 bridgehead atoms. The number of carbonyl (C=O) groups excluding carboxylic acids is 2. The van der Waals surface area contributed by atoms with E-state index < -0.39 is 17.5 Å². The Labute approximate surface area is 160 Å². The van der Waals surface area contributed by atoms with Crippen molar-refractivity contribution in [3.05, 3.63) is 51.7 Å². The van der Waals surface area contributed by atoms with Gasteiger partial charge in [0.1, 0.15) is 11.6 Å². The van der Waals surface area contributed by atoms with Gasteiger partial charge in [-0.2, -0.15) is 11.3 Å². The smallest absolute Gasteiger partial charge is 0.257 e. The quantitative estimate of drug-likeness (QED) is 0.786. The van der Waals surface area contributed by atoms with E-state index in [1.165, 1.54) is 11.3 Å². The lowest BCUT2D eigenvalue weighted by Crippen LogP contribution is -2.33. The Morgan fingerprint density at radius 3 is 2.52 bits per heavy atom. The summed E-state index contributed by atoms with van der Waals surface area (Å²) in [6.07, 6.45) is 4.29. The highest BCUT2D eigenvalue weighted by Crippen LogP contribution is 2.32. The van der Waals surface area contributed by atoms with Gasteiger partial charge in [-0.15, -0.1) is 0 Å². The van der Waals surface area contributed by atoms with Crippen LogP contribution in [-0.4, -0.2) is 22.8 Å². The summed E-state index contributed by atoms with van der Waals surface area (Å²) < 4.78 is 28.5. The van der Waals surface area contributed by atoms with E-state index in [1.54, 1.807) is 4.90 Å². The molecule has 0 saturated heterocycles. The molecule has 1 heterocycles. The van der Waals surface area contributed by atoms with Crippen molar-refractivity contribution >= 4 is 28.8 Å². The lowest BCUT2D eigenvalue weighted by atomic mass is 9.85. The fraction of sp³-hybridized carbons (Fsp3) is 0.400. The zero-order chi connectivity index (χ0) is 19.0. The molecule has 2 aromatic rings. The summed E-state index contributed by atoms with van der Waals surface area (Å²) in [6.45, 7) is 0.396. The highest BCUT2D eigenvalue weighted by molar-refractivity contribution is 7.07. The molecule has 1 aromatic heterocycles. The summed E-state index contributed by atoms with van der Waals surface area (Å²) in [5.41, 5.74) is 0.645. The number of hydrogen-bond acceptors (Lipinski definition) is 3. The number of rotatable bonds is 6. The fourth-order valence-electron chi connectivity index (χ4n) is 3.20. The number of amides is 2. The largest absolute Gasteiger partial charge is 0.331 e. The summed E-state index contributed by atoms with van der Waals surface area (Å²) in [7, 11) is 0. The van der Waals surface area contributed by atoms with Crippen LogP contribution in [0.3, 0.4) is 0 Å². The monoisotopic (exact) mass is 390 g/mol. The second kappa shape index (κ2) is 7.38. The van der Waals surface area contributed by atoms with Crippen LogP contribution < -0.4 is 5.32 Å². The van der Waals surface area contributed by atoms with Gasteiger partial charge >= 0.3 is 0 Å². The first-order valence-electron chi connectivity index (χ1n) is 9.15. The van der Waals surface area contributed by atoms with Crippen LogP contribution in [0.25, 0.3) is 0 Å². The molecule has 7 heteroatoms. The molecule has 2 amide bonds. The second-order valence-corrected chi connectivity index (χ2v) is 8.00. The van der Waals surface area contributed by atoms with E-state index in [1.807, 2.05) is 16.8 Å². The van der Waals surface area contributed by atoms with Crippen molar-refractivity contribution in [3.8, 4) is 0 Å². The first-order valence-corrected chi connectivity index (χ1v) is 10.1. The molecule has 27 heavy (non-hydrogen) atoms. The third kappa shape index (κ3) is 3.88. The van der Waals surface area contributed by atoms with E-state index in [9.17, 15) is 18.4 Å². The number of nitrogens with one attached hydrogen (secondary N) is 1. The Kier molecular flexibility index (Phi) is 4.95. The van der Waals surface area contributed by atoms with Crippen LogP contribution in [0.2, 0.25) is 0 Å². The van der Waals surface area contributed by atoms with Crippen molar-refractivity contribution in [1.29, 1.82) is 0 Å². The number of thiophene rings is 1. The van der Waals surface area contributed by atoms with Crippen LogP contribution in [0.15, 0.2) is 29.0 Å². The molecule has 1 aromatic carbocycles. The number of anilines is 1. The SMILES string of the molecule is O=C(Nc1cc(C(=O)N(Cc2ccsc2)C2CC2)c(F)cc1F)C1CCC1. The number of carbonyl (C=O) groups is 2. The predicted molar refractivity (Wildman–Crippen MR) is 99.5 cm³/mol. The molecule has 0 radical (unpaired) electrons. The second-order valence-electron chi connectivity index (χ2n) is 7.22. The van der Waals surface area contributed by atoms with Gasteiger partial charge in [0.2, 0.25) is 5.91 Å². The van der Waals surface area contributed by atoms with E-state index in [0.717, 1.165) is 43.7 Å². The van der Waals surface area contributed by atoms with Crippen LogP contribution in [-0.2, 0) is 11.3 Å². The van der Waals surface area contributed by atoms with Crippen LogP contribution in [0.1, 0.15) is 48.0 Å².